The van der Waals surface area contributed by atoms with Crippen LogP contribution in [-0.2, 0) is 6.18 Å². The molecule has 0 atom stereocenters. The summed E-state index contributed by atoms with van der Waals surface area (Å²) in [7, 11) is 0. The molecule has 30 heavy (non-hydrogen) atoms. The van der Waals surface area contributed by atoms with Gasteiger partial charge in [0.1, 0.15) is 11.5 Å². The van der Waals surface area contributed by atoms with Crippen LogP contribution in [0.1, 0.15) is 47.1 Å². The monoisotopic (exact) mass is 414 g/mol. The number of anilines is 1. The normalized spacial score (nSPS) is 11.4. The molecule has 0 unspecified atom stereocenters. The molecule has 1 amide bonds. The maximum atomic E-state index is 13.2. The summed E-state index contributed by atoms with van der Waals surface area (Å²) in [5.41, 5.74) is 1.45. The van der Waals surface area contributed by atoms with E-state index in [9.17, 15) is 18.0 Å². The molecule has 0 radical (unpaired) electrons. The van der Waals surface area contributed by atoms with Crippen LogP contribution in [0.15, 0.2) is 60.7 Å². The van der Waals surface area contributed by atoms with Gasteiger partial charge in [-0.3, -0.25) is 9.78 Å². The Morgan fingerprint density at radius 3 is 2.43 bits per heavy atom. The van der Waals surface area contributed by atoms with Gasteiger partial charge in [-0.2, -0.15) is 13.2 Å². The summed E-state index contributed by atoms with van der Waals surface area (Å²) in [5, 5.41) is 2.74. The summed E-state index contributed by atoms with van der Waals surface area (Å²) in [6, 6.07) is 14.7. The number of alkyl halides is 3. The van der Waals surface area contributed by atoms with E-state index < -0.39 is 11.7 Å². The highest BCUT2D eigenvalue weighted by Gasteiger charge is 2.34. The van der Waals surface area contributed by atoms with Crippen molar-refractivity contribution in [3.8, 4) is 11.5 Å². The van der Waals surface area contributed by atoms with Crippen molar-refractivity contribution in [1.82, 2.24) is 4.98 Å². The van der Waals surface area contributed by atoms with Crippen LogP contribution in [0.2, 0.25) is 0 Å². The third-order valence-electron chi connectivity index (χ3n) is 4.46. The molecular formula is C23H21F3N2O2. The molecule has 1 aromatic heterocycles. The SMILES string of the molecule is Cc1nc(C(C)C)ccc1C(=O)Nc1cccc(Oc2ccccc2C(F)(F)F)c1. The smallest absolute Gasteiger partial charge is 0.419 e. The molecule has 3 aromatic rings. The molecule has 7 heteroatoms. The van der Waals surface area contributed by atoms with Crippen molar-refractivity contribution in [3.05, 3.63) is 83.2 Å². The number of hydrogen-bond acceptors (Lipinski definition) is 3. The van der Waals surface area contributed by atoms with Crippen LogP contribution in [0, 0.1) is 6.92 Å². The zero-order chi connectivity index (χ0) is 21.9. The largest absolute Gasteiger partial charge is 0.457 e. The lowest BCUT2D eigenvalue weighted by Gasteiger charge is -2.14. The molecule has 156 valence electrons. The molecule has 2 aromatic carbocycles. The molecule has 0 fully saturated rings. The van der Waals surface area contributed by atoms with E-state index in [-0.39, 0.29) is 23.3 Å². The second-order valence-corrected chi connectivity index (χ2v) is 7.10. The summed E-state index contributed by atoms with van der Waals surface area (Å²) < 4.78 is 44.9. The molecule has 0 aliphatic carbocycles. The topological polar surface area (TPSA) is 51.2 Å². The minimum Gasteiger partial charge on any atom is -0.457 e. The number of nitrogens with zero attached hydrogens (tertiary/aromatic N) is 1. The number of para-hydroxylation sites is 1. The van der Waals surface area contributed by atoms with Gasteiger partial charge in [0, 0.05) is 17.4 Å². The van der Waals surface area contributed by atoms with E-state index in [0.29, 0.717) is 16.9 Å². The summed E-state index contributed by atoms with van der Waals surface area (Å²) >= 11 is 0. The molecule has 1 N–H and O–H groups in total. The molecule has 1 heterocycles. The first-order valence-electron chi connectivity index (χ1n) is 9.38. The highest BCUT2D eigenvalue weighted by molar-refractivity contribution is 6.05. The highest BCUT2D eigenvalue weighted by Crippen LogP contribution is 2.38. The molecule has 0 aliphatic rings. The molecule has 4 nitrogen and oxygen atoms in total. The minimum atomic E-state index is -4.53. The van der Waals surface area contributed by atoms with Crippen LogP contribution < -0.4 is 10.1 Å². The molecule has 3 rings (SSSR count). The number of pyridine rings is 1. The van der Waals surface area contributed by atoms with Gasteiger partial charge in [-0.05, 0) is 49.2 Å². The lowest BCUT2D eigenvalue weighted by molar-refractivity contribution is -0.138. The quantitative estimate of drug-likeness (QED) is 0.513. The van der Waals surface area contributed by atoms with Crippen molar-refractivity contribution < 1.29 is 22.7 Å². The fourth-order valence-electron chi connectivity index (χ4n) is 2.89. The van der Waals surface area contributed by atoms with Gasteiger partial charge in [-0.1, -0.05) is 32.0 Å². The molecule has 0 aliphatic heterocycles. The van der Waals surface area contributed by atoms with Crippen molar-refractivity contribution in [2.24, 2.45) is 0 Å². The number of carbonyl (C=O) groups is 1. The number of benzene rings is 2. The Balaban J connectivity index is 1.79. The van der Waals surface area contributed by atoms with Crippen LogP contribution in [-0.4, -0.2) is 10.9 Å². The number of nitrogens with one attached hydrogen (secondary N) is 1. The first kappa shape index (κ1) is 21.4. The standard InChI is InChI=1S/C23H21F3N2O2/c1-14(2)20-12-11-18(15(3)27-20)22(29)28-16-7-6-8-17(13-16)30-21-10-5-4-9-19(21)23(24,25)26/h4-14H,1-3H3,(H,28,29). The first-order valence-corrected chi connectivity index (χ1v) is 9.38. The Morgan fingerprint density at radius 1 is 1.03 bits per heavy atom. The Labute approximate surface area is 172 Å². The third-order valence-corrected chi connectivity index (χ3v) is 4.46. The molecular weight excluding hydrogens is 393 g/mol. The van der Waals surface area contributed by atoms with Gasteiger partial charge < -0.3 is 10.1 Å². The van der Waals surface area contributed by atoms with Gasteiger partial charge in [0.2, 0.25) is 0 Å². The van der Waals surface area contributed by atoms with E-state index in [2.05, 4.69) is 10.3 Å². The van der Waals surface area contributed by atoms with E-state index in [1.54, 1.807) is 31.2 Å². The predicted molar refractivity (Wildman–Crippen MR) is 109 cm³/mol. The predicted octanol–water partition coefficient (Wildman–Crippen LogP) is 6.58. The minimum absolute atomic E-state index is 0.175. The molecule has 0 saturated heterocycles. The van der Waals surface area contributed by atoms with E-state index >= 15 is 0 Å². The molecule has 0 bridgehead atoms. The fraction of sp³-hybridized carbons (Fsp3) is 0.217. The third kappa shape index (κ3) is 4.97. The van der Waals surface area contributed by atoms with Gasteiger partial charge in [0.15, 0.2) is 0 Å². The Bertz CT molecular complexity index is 1060. The van der Waals surface area contributed by atoms with Crippen LogP contribution in [0.4, 0.5) is 18.9 Å². The summed E-state index contributed by atoms with van der Waals surface area (Å²) in [4.78, 5) is 17.1. The maximum absolute atomic E-state index is 13.2. The summed E-state index contributed by atoms with van der Waals surface area (Å²) in [6.45, 7) is 5.79. The first-order chi connectivity index (χ1) is 14.1. The number of amides is 1. The Hall–Kier alpha value is -3.35. The lowest BCUT2D eigenvalue weighted by Crippen LogP contribution is -2.14. The van der Waals surface area contributed by atoms with Crippen LogP contribution in [0.5, 0.6) is 11.5 Å². The average molecular weight is 414 g/mol. The van der Waals surface area contributed by atoms with Gasteiger partial charge in [0.25, 0.3) is 5.91 Å². The second kappa shape index (κ2) is 8.57. The van der Waals surface area contributed by atoms with Gasteiger partial charge in [0.05, 0.1) is 16.8 Å². The Morgan fingerprint density at radius 2 is 1.77 bits per heavy atom. The zero-order valence-corrected chi connectivity index (χ0v) is 16.7. The van der Waals surface area contributed by atoms with Crippen molar-refractivity contribution in [1.29, 1.82) is 0 Å². The lowest BCUT2D eigenvalue weighted by atomic mass is 10.1. The van der Waals surface area contributed by atoms with Gasteiger partial charge in [-0.15, -0.1) is 0 Å². The Kier molecular flexibility index (Phi) is 6.10. The van der Waals surface area contributed by atoms with E-state index in [1.165, 1.54) is 30.3 Å². The van der Waals surface area contributed by atoms with Crippen LogP contribution in [0.25, 0.3) is 0 Å². The highest BCUT2D eigenvalue weighted by atomic mass is 19.4. The van der Waals surface area contributed by atoms with Crippen LogP contribution >= 0.6 is 0 Å². The number of carbonyl (C=O) groups excluding carboxylic acids is 1. The summed E-state index contributed by atoms with van der Waals surface area (Å²) in [6.07, 6.45) is -4.53. The van der Waals surface area contributed by atoms with E-state index in [0.717, 1.165) is 11.8 Å². The number of rotatable bonds is 5. The number of ether oxygens (including phenoxy) is 1. The molecule has 0 spiro atoms. The zero-order valence-electron chi connectivity index (χ0n) is 16.7. The van der Waals surface area contributed by atoms with Gasteiger partial charge in [-0.25, -0.2) is 0 Å². The number of halogens is 3. The fourth-order valence-corrected chi connectivity index (χ4v) is 2.89. The van der Waals surface area contributed by atoms with Crippen molar-refractivity contribution in [2.75, 3.05) is 5.32 Å². The van der Waals surface area contributed by atoms with Crippen molar-refractivity contribution >= 4 is 11.6 Å². The van der Waals surface area contributed by atoms with Crippen LogP contribution in [0.3, 0.4) is 0 Å². The van der Waals surface area contributed by atoms with E-state index in [1.807, 2.05) is 13.8 Å². The second-order valence-electron chi connectivity index (χ2n) is 7.10. The summed E-state index contributed by atoms with van der Waals surface area (Å²) in [5.74, 6) is -0.246. The molecule has 0 saturated carbocycles. The van der Waals surface area contributed by atoms with Gasteiger partial charge >= 0.3 is 6.18 Å². The van der Waals surface area contributed by atoms with Crippen molar-refractivity contribution in [3.63, 3.8) is 0 Å². The van der Waals surface area contributed by atoms with E-state index in [4.69, 9.17) is 4.74 Å². The number of hydrogen-bond donors (Lipinski definition) is 1. The number of aryl methyl sites for hydroxylation is 1. The average Bonchev–Trinajstić information content (AvgIpc) is 2.67. The van der Waals surface area contributed by atoms with Crippen molar-refractivity contribution in [2.45, 2.75) is 32.9 Å². The maximum Gasteiger partial charge on any atom is 0.419 e. The number of aromatic nitrogens is 1.